The van der Waals surface area contributed by atoms with Gasteiger partial charge in [-0.05, 0) is 38.6 Å². The van der Waals surface area contributed by atoms with E-state index in [0.717, 1.165) is 25.3 Å². The Balaban J connectivity index is 1.93. The van der Waals surface area contributed by atoms with E-state index < -0.39 is 0 Å². The third kappa shape index (κ3) is 5.79. The molecule has 0 saturated heterocycles. The second-order valence-corrected chi connectivity index (χ2v) is 4.86. The first-order valence-corrected chi connectivity index (χ1v) is 6.43. The van der Waals surface area contributed by atoms with Crippen molar-refractivity contribution in [2.24, 2.45) is 5.92 Å². The summed E-state index contributed by atoms with van der Waals surface area (Å²) in [6, 6.07) is 2.85. The highest BCUT2D eigenvalue weighted by Crippen LogP contribution is 2.28. The van der Waals surface area contributed by atoms with E-state index in [1.807, 2.05) is 0 Å². The average Bonchev–Trinajstić information content (AvgIpc) is 2.70. The van der Waals surface area contributed by atoms with Crippen LogP contribution in [0.1, 0.15) is 58.3 Å². The SMILES string of the molecule is CC(CC1CCCC1)NCCCCC#N. The molecule has 0 bridgehead atoms. The molecule has 2 heteroatoms. The molecule has 15 heavy (non-hydrogen) atoms. The number of nitrogens with one attached hydrogen (secondary N) is 1. The summed E-state index contributed by atoms with van der Waals surface area (Å²) in [4.78, 5) is 0. The predicted octanol–water partition coefficient (Wildman–Crippen LogP) is 3.24. The number of nitrogens with zero attached hydrogens (tertiary/aromatic N) is 1. The first kappa shape index (κ1) is 12.5. The maximum atomic E-state index is 8.39. The first-order valence-electron chi connectivity index (χ1n) is 6.43. The fourth-order valence-corrected chi connectivity index (χ4v) is 2.51. The van der Waals surface area contributed by atoms with Crippen LogP contribution < -0.4 is 5.32 Å². The second-order valence-electron chi connectivity index (χ2n) is 4.86. The van der Waals surface area contributed by atoms with Crippen molar-refractivity contribution in [3.05, 3.63) is 0 Å². The van der Waals surface area contributed by atoms with Crippen LogP contribution in [0.2, 0.25) is 0 Å². The molecular formula is C13H24N2. The van der Waals surface area contributed by atoms with E-state index in [4.69, 9.17) is 5.26 Å². The van der Waals surface area contributed by atoms with Gasteiger partial charge in [-0.3, -0.25) is 0 Å². The number of nitriles is 1. The third-order valence-electron chi connectivity index (χ3n) is 3.37. The van der Waals surface area contributed by atoms with Crippen LogP contribution >= 0.6 is 0 Å². The van der Waals surface area contributed by atoms with Gasteiger partial charge in [-0.2, -0.15) is 5.26 Å². The number of hydrogen-bond acceptors (Lipinski definition) is 2. The van der Waals surface area contributed by atoms with E-state index in [-0.39, 0.29) is 0 Å². The Morgan fingerprint density at radius 3 is 2.73 bits per heavy atom. The van der Waals surface area contributed by atoms with E-state index >= 15 is 0 Å². The third-order valence-corrected chi connectivity index (χ3v) is 3.37. The minimum absolute atomic E-state index is 0.662. The normalized spacial score (nSPS) is 18.9. The average molecular weight is 208 g/mol. The summed E-state index contributed by atoms with van der Waals surface area (Å²) in [7, 11) is 0. The molecule has 0 aromatic carbocycles. The van der Waals surface area contributed by atoms with Crippen molar-refractivity contribution in [1.29, 1.82) is 5.26 Å². The van der Waals surface area contributed by atoms with Crippen LogP contribution in [0.5, 0.6) is 0 Å². The lowest BCUT2D eigenvalue weighted by atomic mass is 9.99. The topological polar surface area (TPSA) is 35.8 Å². The molecule has 0 amide bonds. The highest BCUT2D eigenvalue weighted by molar-refractivity contribution is 4.73. The van der Waals surface area contributed by atoms with E-state index in [0.29, 0.717) is 12.5 Å². The zero-order valence-electron chi connectivity index (χ0n) is 9.97. The zero-order valence-corrected chi connectivity index (χ0v) is 9.97. The van der Waals surface area contributed by atoms with Crippen molar-refractivity contribution >= 4 is 0 Å². The van der Waals surface area contributed by atoms with Crippen LogP contribution in [0.3, 0.4) is 0 Å². The van der Waals surface area contributed by atoms with Crippen LogP contribution in [0, 0.1) is 17.2 Å². The summed E-state index contributed by atoms with van der Waals surface area (Å²) in [5.41, 5.74) is 0. The van der Waals surface area contributed by atoms with Crippen LogP contribution in [-0.4, -0.2) is 12.6 Å². The fraction of sp³-hybridized carbons (Fsp3) is 0.923. The van der Waals surface area contributed by atoms with Crippen molar-refractivity contribution < 1.29 is 0 Å². The Bertz CT molecular complexity index is 189. The van der Waals surface area contributed by atoms with Gasteiger partial charge in [0.15, 0.2) is 0 Å². The number of rotatable bonds is 7. The molecule has 0 spiro atoms. The molecule has 1 fully saturated rings. The molecule has 86 valence electrons. The lowest BCUT2D eigenvalue weighted by Gasteiger charge is -2.17. The molecule has 1 unspecified atom stereocenters. The van der Waals surface area contributed by atoms with E-state index in [1.54, 1.807) is 0 Å². The molecule has 2 nitrogen and oxygen atoms in total. The van der Waals surface area contributed by atoms with Gasteiger partial charge in [0.1, 0.15) is 0 Å². The smallest absolute Gasteiger partial charge is 0.0621 e. The minimum atomic E-state index is 0.662. The lowest BCUT2D eigenvalue weighted by Crippen LogP contribution is -2.28. The Morgan fingerprint density at radius 1 is 1.33 bits per heavy atom. The molecule has 0 aromatic rings. The zero-order chi connectivity index (χ0) is 10.9. The summed E-state index contributed by atoms with van der Waals surface area (Å²) in [5.74, 6) is 0.978. The highest BCUT2D eigenvalue weighted by atomic mass is 14.9. The van der Waals surface area contributed by atoms with Crippen LogP contribution in [0.15, 0.2) is 0 Å². The molecule has 1 atom stereocenters. The number of unbranched alkanes of at least 4 members (excludes halogenated alkanes) is 2. The molecule has 0 radical (unpaired) electrons. The summed E-state index contributed by atoms with van der Waals surface area (Å²) in [5, 5.41) is 12.0. The van der Waals surface area contributed by atoms with E-state index in [9.17, 15) is 0 Å². The van der Waals surface area contributed by atoms with Crippen molar-refractivity contribution in [1.82, 2.24) is 5.32 Å². The monoisotopic (exact) mass is 208 g/mol. The fourth-order valence-electron chi connectivity index (χ4n) is 2.51. The largest absolute Gasteiger partial charge is 0.314 e. The van der Waals surface area contributed by atoms with Gasteiger partial charge < -0.3 is 5.32 Å². The number of hydrogen-bond donors (Lipinski definition) is 1. The van der Waals surface area contributed by atoms with Crippen molar-refractivity contribution in [2.75, 3.05) is 6.54 Å². The predicted molar refractivity (Wildman–Crippen MR) is 63.5 cm³/mol. The van der Waals surface area contributed by atoms with Gasteiger partial charge in [0.2, 0.25) is 0 Å². The van der Waals surface area contributed by atoms with Crippen LogP contribution in [0.4, 0.5) is 0 Å². The molecule has 1 aliphatic rings. The maximum absolute atomic E-state index is 8.39. The molecule has 0 aliphatic heterocycles. The molecular weight excluding hydrogens is 184 g/mol. The van der Waals surface area contributed by atoms with Crippen molar-refractivity contribution in [2.45, 2.75) is 64.3 Å². The van der Waals surface area contributed by atoms with Crippen LogP contribution in [0.25, 0.3) is 0 Å². The van der Waals surface area contributed by atoms with Gasteiger partial charge in [0.25, 0.3) is 0 Å². The van der Waals surface area contributed by atoms with Crippen LogP contribution in [-0.2, 0) is 0 Å². The van der Waals surface area contributed by atoms with Gasteiger partial charge in [0.05, 0.1) is 6.07 Å². The molecule has 0 heterocycles. The molecule has 1 N–H and O–H groups in total. The summed E-state index contributed by atoms with van der Waals surface area (Å²) >= 11 is 0. The van der Waals surface area contributed by atoms with E-state index in [2.05, 4.69) is 18.3 Å². The quantitative estimate of drug-likeness (QED) is 0.652. The van der Waals surface area contributed by atoms with E-state index in [1.165, 1.54) is 32.1 Å². The Morgan fingerprint density at radius 2 is 2.07 bits per heavy atom. The molecule has 1 rings (SSSR count). The van der Waals surface area contributed by atoms with Gasteiger partial charge in [-0.25, -0.2) is 0 Å². The molecule has 1 saturated carbocycles. The summed E-state index contributed by atoms with van der Waals surface area (Å²) < 4.78 is 0. The molecule has 1 aliphatic carbocycles. The summed E-state index contributed by atoms with van der Waals surface area (Å²) in [6.07, 6.45) is 10.0. The minimum Gasteiger partial charge on any atom is -0.314 e. The maximum Gasteiger partial charge on any atom is 0.0621 e. The highest BCUT2D eigenvalue weighted by Gasteiger charge is 2.17. The lowest BCUT2D eigenvalue weighted by molar-refractivity contribution is 0.402. The Hall–Kier alpha value is -0.550. The first-order chi connectivity index (χ1) is 7.33. The van der Waals surface area contributed by atoms with Gasteiger partial charge >= 0.3 is 0 Å². The summed E-state index contributed by atoms with van der Waals surface area (Å²) in [6.45, 7) is 3.37. The Labute approximate surface area is 94.1 Å². The van der Waals surface area contributed by atoms with Gasteiger partial charge in [-0.15, -0.1) is 0 Å². The van der Waals surface area contributed by atoms with Crippen molar-refractivity contribution in [3.8, 4) is 6.07 Å². The van der Waals surface area contributed by atoms with Gasteiger partial charge in [-0.1, -0.05) is 25.7 Å². The Kier molecular flexibility index (Phi) is 6.43. The van der Waals surface area contributed by atoms with Gasteiger partial charge in [0, 0.05) is 12.5 Å². The van der Waals surface area contributed by atoms with Crippen molar-refractivity contribution in [3.63, 3.8) is 0 Å². The molecule has 0 aromatic heterocycles. The standard InChI is InChI=1S/C13H24N2/c1-12(11-13-7-3-4-8-13)15-10-6-2-5-9-14/h12-13,15H,2-8,10-11H2,1H3. The second kappa shape index (κ2) is 7.70.